The lowest BCUT2D eigenvalue weighted by molar-refractivity contribution is -0.120. The molecule has 0 heterocycles. The molecular formula is C12H26N2O3S. The maximum Gasteiger partial charge on any atom is 0.235 e. The average Bonchev–Trinajstić information content (AvgIpc) is 2.13. The van der Waals surface area contributed by atoms with Crippen LogP contribution in [0.15, 0.2) is 0 Å². The average molecular weight is 278 g/mol. The molecule has 0 rings (SSSR count). The lowest BCUT2D eigenvalue weighted by Crippen LogP contribution is -2.56. The Hall–Kier alpha value is -0.620. The van der Waals surface area contributed by atoms with Gasteiger partial charge in [0.15, 0.2) is 9.84 Å². The Morgan fingerprint density at radius 2 is 1.78 bits per heavy atom. The number of hydrogen-bond donors (Lipinski definition) is 2. The summed E-state index contributed by atoms with van der Waals surface area (Å²) >= 11 is 0. The van der Waals surface area contributed by atoms with Crippen LogP contribution in [-0.2, 0) is 14.6 Å². The summed E-state index contributed by atoms with van der Waals surface area (Å²) < 4.78 is 23.4. The third kappa shape index (κ3) is 5.82. The van der Waals surface area contributed by atoms with Gasteiger partial charge < -0.3 is 11.1 Å². The van der Waals surface area contributed by atoms with E-state index in [9.17, 15) is 13.2 Å². The van der Waals surface area contributed by atoms with E-state index in [1.807, 2.05) is 34.6 Å². The van der Waals surface area contributed by atoms with E-state index in [-0.39, 0.29) is 24.1 Å². The molecule has 0 spiro atoms. The Labute approximate surface area is 110 Å². The van der Waals surface area contributed by atoms with Crippen LogP contribution >= 0.6 is 0 Å². The van der Waals surface area contributed by atoms with Crippen molar-refractivity contribution in [3.63, 3.8) is 0 Å². The van der Waals surface area contributed by atoms with Crippen molar-refractivity contribution in [3.05, 3.63) is 0 Å². The topological polar surface area (TPSA) is 89.3 Å². The third-order valence-electron chi connectivity index (χ3n) is 3.06. The second kappa shape index (κ2) is 6.52. The van der Waals surface area contributed by atoms with Crippen molar-refractivity contribution >= 4 is 15.7 Å². The minimum atomic E-state index is -3.34. The van der Waals surface area contributed by atoms with Crippen LogP contribution in [0.25, 0.3) is 0 Å². The van der Waals surface area contributed by atoms with Gasteiger partial charge in [-0.25, -0.2) is 8.42 Å². The molecule has 0 fully saturated rings. The highest BCUT2D eigenvalue weighted by Crippen LogP contribution is 2.14. The highest BCUT2D eigenvalue weighted by molar-refractivity contribution is 7.92. The van der Waals surface area contributed by atoms with Gasteiger partial charge in [0.05, 0.1) is 11.3 Å². The monoisotopic (exact) mass is 278 g/mol. The Balaban J connectivity index is 4.62. The normalized spacial score (nSPS) is 15.8. The van der Waals surface area contributed by atoms with E-state index in [0.29, 0.717) is 0 Å². The minimum absolute atomic E-state index is 0.0220. The minimum Gasteiger partial charge on any atom is -0.349 e. The fourth-order valence-electron chi connectivity index (χ4n) is 1.55. The zero-order chi connectivity index (χ0) is 14.6. The molecule has 18 heavy (non-hydrogen) atoms. The van der Waals surface area contributed by atoms with Crippen molar-refractivity contribution in [1.82, 2.24) is 5.32 Å². The molecule has 0 saturated heterocycles. The van der Waals surface area contributed by atoms with Gasteiger partial charge in [-0.2, -0.15) is 0 Å². The van der Waals surface area contributed by atoms with Gasteiger partial charge in [-0.05, 0) is 18.8 Å². The molecule has 0 aromatic rings. The van der Waals surface area contributed by atoms with Gasteiger partial charge in [-0.3, -0.25) is 4.79 Å². The summed E-state index contributed by atoms with van der Waals surface area (Å²) in [6, 6.07) is 0. The van der Waals surface area contributed by atoms with Crippen LogP contribution in [0.3, 0.4) is 0 Å². The first-order chi connectivity index (χ1) is 8.02. The SMILES string of the molecule is CC(C)CS(=O)(=O)CC(=O)NC(C)(CN)C(C)C. The fourth-order valence-corrected chi connectivity index (χ4v) is 3.16. The van der Waals surface area contributed by atoms with Crippen LogP contribution in [0.2, 0.25) is 0 Å². The molecule has 5 nitrogen and oxygen atoms in total. The largest absolute Gasteiger partial charge is 0.349 e. The van der Waals surface area contributed by atoms with E-state index in [1.165, 1.54) is 0 Å². The second-order valence-corrected chi connectivity index (χ2v) is 7.88. The summed E-state index contributed by atoms with van der Waals surface area (Å²) in [5, 5.41) is 2.73. The highest BCUT2D eigenvalue weighted by Gasteiger charge is 2.30. The smallest absolute Gasteiger partial charge is 0.235 e. The van der Waals surface area contributed by atoms with E-state index in [4.69, 9.17) is 5.73 Å². The molecule has 0 aromatic heterocycles. The lowest BCUT2D eigenvalue weighted by Gasteiger charge is -2.33. The first kappa shape index (κ1) is 17.4. The number of rotatable bonds is 7. The fraction of sp³-hybridized carbons (Fsp3) is 0.917. The van der Waals surface area contributed by atoms with Crippen molar-refractivity contribution < 1.29 is 13.2 Å². The standard InChI is InChI=1S/C12H26N2O3S/c1-9(2)6-18(16,17)7-11(15)14-12(5,8-13)10(3)4/h9-10H,6-8,13H2,1-5H3,(H,14,15). The summed E-state index contributed by atoms with van der Waals surface area (Å²) in [7, 11) is -3.34. The Bertz CT molecular complexity index is 377. The molecule has 0 bridgehead atoms. The van der Waals surface area contributed by atoms with Crippen LogP contribution in [0.5, 0.6) is 0 Å². The van der Waals surface area contributed by atoms with Crippen molar-refractivity contribution in [1.29, 1.82) is 0 Å². The van der Waals surface area contributed by atoms with Crippen molar-refractivity contribution in [2.24, 2.45) is 17.6 Å². The Kier molecular flexibility index (Phi) is 6.29. The number of nitrogens with one attached hydrogen (secondary N) is 1. The predicted molar refractivity (Wildman–Crippen MR) is 73.9 cm³/mol. The van der Waals surface area contributed by atoms with Gasteiger partial charge in [-0.15, -0.1) is 0 Å². The summed E-state index contributed by atoms with van der Waals surface area (Å²) in [5.74, 6) is -0.750. The highest BCUT2D eigenvalue weighted by atomic mass is 32.2. The Morgan fingerprint density at radius 1 is 1.28 bits per heavy atom. The van der Waals surface area contributed by atoms with Crippen molar-refractivity contribution in [2.45, 2.75) is 40.2 Å². The van der Waals surface area contributed by atoms with Crippen LogP contribution < -0.4 is 11.1 Å². The molecule has 0 aliphatic rings. The van der Waals surface area contributed by atoms with Gasteiger partial charge in [0, 0.05) is 6.54 Å². The Morgan fingerprint density at radius 3 is 2.11 bits per heavy atom. The number of sulfone groups is 1. The molecule has 1 unspecified atom stereocenters. The molecule has 0 radical (unpaired) electrons. The maximum absolute atomic E-state index is 11.8. The summed E-state index contributed by atoms with van der Waals surface area (Å²) in [6.07, 6.45) is 0. The molecule has 0 aliphatic carbocycles. The van der Waals surface area contributed by atoms with E-state index in [0.717, 1.165) is 0 Å². The zero-order valence-electron chi connectivity index (χ0n) is 12.0. The van der Waals surface area contributed by atoms with E-state index < -0.39 is 27.0 Å². The van der Waals surface area contributed by atoms with Crippen molar-refractivity contribution in [2.75, 3.05) is 18.1 Å². The lowest BCUT2D eigenvalue weighted by atomic mass is 9.88. The molecule has 108 valence electrons. The van der Waals surface area contributed by atoms with Crippen LogP contribution in [-0.4, -0.2) is 37.9 Å². The molecule has 1 atom stereocenters. The second-order valence-electron chi connectivity index (χ2n) is 5.77. The van der Waals surface area contributed by atoms with Gasteiger partial charge >= 0.3 is 0 Å². The van der Waals surface area contributed by atoms with Crippen molar-refractivity contribution in [3.8, 4) is 0 Å². The van der Waals surface area contributed by atoms with E-state index in [2.05, 4.69) is 5.32 Å². The quantitative estimate of drug-likeness (QED) is 0.711. The first-order valence-corrected chi connectivity index (χ1v) is 8.06. The molecule has 0 aliphatic heterocycles. The third-order valence-corrected chi connectivity index (χ3v) is 4.94. The maximum atomic E-state index is 11.8. The first-order valence-electron chi connectivity index (χ1n) is 6.24. The molecule has 0 aromatic carbocycles. The van der Waals surface area contributed by atoms with Crippen LogP contribution in [0, 0.1) is 11.8 Å². The van der Waals surface area contributed by atoms with Gasteiger partial charge in [0.25, 0.3) is 0 Å². The number of carbonyl (C=O) groups is 1. The van der Waals surface area contributed by atoms with Crippen LogP contribution in [0.1, 0.15) is 34.6 Å². The summed E-state index contributed by atoms with van der Waals surface area (Å²) in [6.45, 7) is 9.61. The van der Waals surface area contributed by atoms with Gasteiger partial charge in [0.2, 0.25) is 5.91 Å². The molecule has 6 heteroatoms. The summed E-state index contributed by atoms with van der Waals surface area (Å²) in [4.78, 5) is 11.8. The molecule has 3 N–H and O–H groups in total. The van der Waals surface area contributed by atoms with Crippen LogP contribution in [0.4, 0.5) is 0 Å². The number of nitrogens with two attached hydrogens (primary N) is 1. The summed E-state index contributed by atoms with van der Waals surface area (Å²) in [5.41, 5.74) is 5.07. The molecule has 1 amide bonds. The van der Waals surface area contributed by atoms with Gasteiger partial charge in [0.1, 0.15) is 5.75 Å². The molecule has 0 saturated carbocycles. The van der Waals surface area contributed by atoms with E-state index in [1.54, 1.807) is 0 Å². The zero-order valence-corrected chi connectivity index (χ0v) is 12.8. The number of hydrogen-bond acceptors (Lipinski definition) is 4. The predicted octanol–water partition coefficient (Wildman–Crippen LogP) is 0.547. The van der Waals surface area contributed by atoms with Gasteiger partial charge in [-0.1, -0.05) is 27.7 Å². The number of amides is 1. The number of carbonyl (C=O) groups excluding carboxylic acids is 1. The molecular weight excluding hydrogens is 252 g/mol. The van der Waals surface area contributed by atoms with E-state index >= 15 is 0 Å².